The molecule has 0 aliphatic rings. The number of imidazole rings is 1. The summed E-state index contributed by atoms with van der Waals surface area (Å²) in [6.45, 7) is 1.74. The van der Waals surface area contributed by atoms with E-state index >= 15 is 0 Å². The van der Waals surface area contributed by atoms with Crippen LogP contribution in [-0.4, -0.2) is 16.1 Å². The Kier molecular flexibility index (Phi) is 4.56. The average molecular weight is 341 g/mol. The highest BCUT2D eigenvalue weighted by atomic mass is 127. The molecule has 2 aromatic rings. The molecule has 0 aliphatic heterocycles. The van der Waals surface area contributed by atoms with Gasteiger partial charge in [-0.2, -0.15) is 0 Å². The Morgan fingerprint density at radius 3 is 2.82 bits per heavy atom. The number of aromatic nitrogens is 2. The first-order valence-corrected chi connectivity index (χ1v) is 6.87. The third kappa shape index (κ3) is 3.07. The van der Waals surface area contributed by atoms with Crippen LogP contribution < -0.4 is 5.73 Å². The second-order valence-corrected chi connectivity index (χ2v) is 5.08. The van der Waals surface area contributed by atoms with Crippen molar-refractivity contribution in [3.05, 3.63) is 40.2 Å². The zero-order chi connectivity index (χ0) is 12.1. The third-order valence-corrected chi connectivity index (χ3v) is 3.62. The van der Waals surface area contributed by atoms with Gasteiger partial charge in [0, 0.05) is 28.1 Å². The summed E-state index contributed by atoms with van der Waals surface area (Å²) in [6, 6.07) is 8.32. The van der Waals surface area contributed by atoms with Gasteiger partial charge in [0.2, 0.25) is 0 Å². The minimum Gasteiger partial charge on any atom is -0.331 e. The molecule has 2 rings (SSSR count). The highest BCUT2D eigenvalue weighted by Crippen LogP contribution is 2.23. The van der Waals surface area contributed by atoms with E-state index in [1.807, 2.05) is 18.5 Å². The number of rotatable bonds is 5. The topological polar surface area (TPSA) is 43.8 Å². The van der Waals surface area contributed by atoms with Gasteiger partial charge in [0.05, 0.1) is 0 Å². The summed E-state index contributed by atoms with van der Waals surface area (Å²) in [7, 11) is 0. The van der Waals surface area contributed by atoms with Crippen molar-refractivity contribution >= 4 is 22.6 Å². The Balaban J connectivity index is 2.22. The smallest absolute Gasteiger partial charge is 0.140 e. The van der Waals surface area contributed by atoms with Crippen molar-refractivity contribution in [1.29, 1.82) is 0 Å². The zero-order valence-corrected chi connectivity index (χ0v) is 11.8. The molecule has 0 aliphatic carbocycles. The van der Waals surface area contributed by atoms with Gasteiger partial charge < -0.3 is 10.3 Å². The molecule has 4 heteroatoms. The molecule has 0 saturated carbocycles. The maximum Gasteiger partial charge on any atom is 0.140 e. The van der Waals surface area contributed by atoms with E-state index in [-0.39, 0.29) is 0 Å². The Morgan fingerprint density at radius 1 is 1.24 bits per heavy atom. The van der Waals surface area contributed by atoms with Gasteiger partial charge in [0.1, 0.15) is 5.82 Å². The van der Waals surface area contributed by atoms with Gasteiger partial charge in [0.15, 0.2) is 0 Å². The van der Waals surface area contributed by atoms with E-state index < -0.39 is 0 Å². The summed E-state index contributed by atoms with van der Waals surface area (Å²) in [6.07, 6.45) is 6.06. The maximum atomic E-state index is 5.52. The van der Waals surface area contributed by atoms with Crippen LogP contribution in [0.3, 0.4) is 0 Å². The molecular formula is C13H16IN3. The highest BCUT2D eigenvalue weighted by molar-refractivity contribution is 14.1. The van der Waals surface area contributed by atoms with Crippen molar-refractivity contribution in [2.24, 2.45) is 5.73 Å². The molecule has 90 valence electrons. The van der Waals surface area contributed by atoms with Gasteiger partial charge in [-0.25, -0.2) is 4.98 Å². The lowest BCUT2D eigenvalue weighted by Gasteiger charge is -2.08. The molecular weight excluding hydrogens is 325 g/mol. The number of benzene rings is 1. The molecule has 0 amide bonds. The van der Waals surface area contributed by atoms with Crippen LogP contribution >= 0.6 is 22.6 Å². The van der Waals surface area contributed by atoms with Gasteiger partial charge in [-0.05, 0) is 48.0 Å². The first-order valence-electron chi connectivity index (χ1n) is 5.79. The summed E-state index contributed by atoms with van der Waals surface area (Å²) in [5.41, 5.74) is 6.72. The molecule has 1 aromatic heterocycles. The van der Waals surface area contributed by atoms with Gasteiger partial charge in [-0.15, -0.1) is 0 Å². The lowest BCUT2D eigenvalue weighted by molar-refractivity contribution is 0.619. The first-order chi connectivity index (χ1) is 8.33. The first kappa shape index (κ1) is 12.6. The van der Waals surface area contributed by atoms with Crippen molar-refractivity contribution in [1.82, 2.24) is 9.55 Å². The number of hydrogen-bond donors (Lipinski definition) is 1. The van der Waals surface area contributed by atoms with Crippen LogP contribution in [0.1, 0.15) is 12.8 Å². The maximum absolute atomic E-state index is 5.52. The minimum atomic E-state index is 0.757. The monoisotopic (exact) mass is 341 g/mol. The molecule has 0 unspecified atom stereocenters. The number of aryl methyl sites for hydroxylation is 1. The Bertz CT molecular complexity index is 479. The number of hydrogen-bond acceptors (Lipinski definition) is 2. The van der Waals surface area contributed by atoms with Crippen LogP contribution in [0.2, 0.25) is 0 Å². The van der Waals surface area contributed by atoms with Crippen molar-refractivity contribution in [3.8, 4) is 11.4 Å². The van der Waals surface area contributed by atoms with Crippen molar-refractivity contribution < 1.29 is 0 Å². The molecule has 2 N–H and O–H groups in total. The highest BCUT2D eigenvalue weighted by Gasteiger charge is 2.08. The van der Waals surface area contributed by atoms with E-state index in [1.165, 1.54) is 9.13 Å². The molecule has 0 bridgehead atoms. The van der Waals surface area contributed by atoms with Crippen LogP contribution in [-0.2, 0) is 6.54 Å². The minimum absolute atomic E-state index is 0.757. The molecule has 0 radical (unpaired) electrons. The Hall–Kier alpha value is -0.880. The van der Waals surface area contributed by atoms with Crippen LogP contribution in [0.4, 0.5) is 0 Å². The van der Waals surface area contributed by atoms with Gasteiger partial charge in [-0.1, -0.05) is 18.2 Å². The quantitative estimate of drug-likeness (QED) is 0.671. The normalized spacial score (nSPS) is 10.7. The SMILES string of the molecule is NCCCCn1ccnc1-c1ccccc1I. The Labute approximate surface area is 115 Å². The summed E-state index contributed by atoms with van der Waals surface area (Å²) < 4.78 is 3.43. The van der Waals surface area contributed by atoms with E-state index in [9.17, 15) is 0 Å². The molecule has 17 heavy (non-hydrogen) atoms. The van der Waals surface area contributed by atoms with Gasteiger partial charge >= 0.3 is 0 Å². The number of halogens is 1. The standard InChI is InChI=1S/C13H16IN3/c14-12-6-2-1-5-11(12)13-16-8-10-17(13)9-4-3-7-15/h1-2,5-6,8,10H,3-4,7,9,15H2. The largest absolute Gasteiger partial charge is 0.331 e. The van der Waals surface area contributed by atoms with Gasteiger partial charge in [-0.3, -0.25) is 0 Å². The van der Waals surface area contributed by atoms with E-state index in [0.29, 0.717) is 0 Å². The van der Waals surface area contributed by atoms with Crippen molar-refractivity contribution in [3.63, 3.8) is 0 Å². The van der Waals surface area contributed by atoms with Crippen molar-refractivity contribution in [2.45, 2.75) is 19.4 Å². The van der Waals surface area contributed by atoms with Crippen molar-refractivity contribution in [2.75, 3.05) is 6.54 Å². The van der Waals surface area contributed by atoms with E-state index in [0.717, 1.165) is 31.8 Å². The number of nitrogens with two attached hydrogens (primary N) is 1. The Morgan fingerprint density at radius 2 is 2.06 bits per heavy atom. The predicted molar refractivity (Wildman–Crippen MR) is 78.7 cm³/mol. The third-order valence-electron chi connectivity index (χ3n) is 2.68. The van der Waals surface area contributed by atoms with Crippen LogP contribution in [0.25, 0.3) is 11.4 Å². The second-order valence-electron chi connectivity index (χ2n) is 3.92. The molecule has 3 nitrogen and oxygen atoms in total. The van der Waals surface area contributed by atoms with Gasteiger partial charge in [0.25, 0.3) is 0 Å². The fourth-order valence-corrected chi connectivity index (χ4v) is 2.43. The zero-order valence-electron chi connectivity index (χ0n) is 9.64. The fraction of sp³-hybridized carbons (Fsp3) is 0.308. The molecule has 0 spiro atoms. The number of nitrogens with zero attached hydrogens (tertiary/aromatic N) is 2. The lowest BCUT2D eigenvalue weighted by atomic mass is 10.2. The molecule has 0 atom stereocenters. The average Bonchev–Trinajstić information content (AvgIpc) is 2.78. The van der Waals surface area contributed by atoms with Crippen LogP contribution in [0.5, 0.6) is 0 Å². The van der Waals surface area contributed by atoms with E-state index in [1.54, 1.807) is 0 Å². The molecule has 0 saturated heterocycles. The lowest BCUT2D eigenvalue weighted by Crippen LogP contribution is -2.04. The summed E-state index contributed by atoms with van der Waals surface area (Å²) in [5.74, 6) is 1.05. The second kappa shape index (κ2) is 6.16. The molecule has 1 heterocycles. The van der Waals surface area contributed by atoms with Crippen LogP contribution in [0.15, 0.2) is 36.7 Å². The fourth-order valence-electron chi connectivity index (χ4n) is 1.80. The molecule has 1 aromatic carbocycles. The van der Waals surface area contributed by atoms with E-state index in [4.69, 9.17) is 5.73 Å². The summed E-state index contributed by atoms with van der Waals surface area (Å²) in [5, 5.41) is 0. The molecule has 0 fully saturated rings. The predicted octanol–water partition coefficient (Wildman–Crippen LogP) is 2.89. The summed E-state index contributed by atoms with van der Waals surface area (Å²) >= 11 is 2.35. The number of unbranched alkanes of at least 4 members (excludes halogenated alkanes) is 1. The van der Waals surface area contributed by atoms with E-state index in [2.05, 4.69) is 50.3 Å². The summed E-state index contributed by atoms with van der Waals surface area (Å²) in [4.78, 5) is 4.45. The van der Waals surface area contributed by atoms with Crippen LogP contribution in [0, 0.1) is 3.57 Å².